The molecule has 0 aliphatic carbocycles. The molecular formula is C19H29IN6O2. The zero-order valence-electron chi connectivity index (χ0n) is 16.8. The van der Waals surface area contributed by atoms with Crippen LogP contribution in [-0.4, -0.2) is 35.1 Å². The molecule has 2 aromatic heterocycles. The summed E-state index contributed by atoms with van der Waals surface area (Å²) in [7, 11) is 0. The number of anilines is 1. The van der Waals surface area contributed by atoms with Crippen molar-refractivity contribution in [2.24, 2.45) is 4.99 Å². The van der Waals surface area contributed by atoms with Crippen molar-refractivity contribution in [2.75, 3.05) is 18.4 Å². The van der Waals surface area contributed by atoms with Crippen LogP contribution >= 0.6 is 24.0 Å². The lowest BCUT2D eigenvalue weighted by Gasteiger charge is -2.11. The van der Waals surface area contributed by atoms with E-state index in [1.165, 1.54) is 0 Å². The number of hydrogen-bond acceptors (Lipinski definition) is 5. The molecule has 154 valence electrons. The van der Waals surface area contributed by atoms with Crippen molar-refractivity contribution >= 4 is 41.7 Å². The lowest BCUT2D eigenvalue weighted by molar-refractivity contribution is -0.116. The van der Waals surface area contributed by atoms with Gasteiger partial charge in [-0.1, -0.05) is 25.1 Å². The SMILES string of the molecule is CCNC(=NCc1cc(C(C)C)no1)NCCC(=O)Nc1ccc(C)cn1.I. The minimum atomic E-state index is -0.105. The first-order valence-corrected chi connectivity index (χ1v) is 9.18. The zero-order valence-corrected chi connectivity index (χ0v) is 19.1. The maximum atomic E-state index is 12.0. The number of nitrogens with one attached hydrogen (secondary N) is 3. The van der Waals surface area contributed by atoms with Crippen LogP contribution < -0.4 is 16.0 Å². The van der Waals surface area contributed by atoms with Crippen LogP contribution in [0.25, 0.3) is 0 Å². The summed E-state index contributed by atoms with van der Waals surface area (Å²) in [6.07, 6.45) is 2.03. The highest BCUT2D eigenvalue weighted by atomic mass is 127. The number of hydrogen-bond donors (Lipinski definition) is 3. The van der Waals surface area contributed by atoms with Crippen molar-refractivity contribution in [1.29, 1.82) is 0 Å². The fourth-order valence-electron chi connectivity index (χ4n) is 2.22. The highest BCUT2D eigenvalue weighted by molar-refractivity contribution is 14.0. The predicted octanol–water partition coefficient (Wildman–Crippen LogP) is 3.20. The Balaban J connectivity index is 0.00000392. The number of amides is 1. The number of aromatic nitrogens is 2. The van der Waals surface area contributed by atoms with E-state index in [-0.39, 0.29) is 29.9 Å². The van der Waals surface area contributed by atoms with Crippen LogP contribution in [0.1, 0.15) is 50.1 Å². The van der Waals surface area contributed by atoms with Crippen molar-refractivity contribution in [1.82, 2.24) is 20.8 Å². The van der Waals surface area contributed by atoms with E-state index in [0.29, 0.717) is 43.0 Å². The van der Waals surface area contributed by atoms with Gasteiger partial charge in [-0.15, -0.1) is 24.0 Å². The first-order valence-electron chi connectivity index (χ1n) is 9.18. The van der Waals surface area contributed by atoms with Crippen LogP contribution in [0.4, 0.5) is 5.82 Å². The molecule has 2 aromatic rings. The normalized spacial score (nSPS) is 11.1. The summed E-state index contributed by atoms with van der Waals surface area (Å²) in [6.45, 7) is 9.62. The van der Waals surface area contributed by atoms with E-state index in [9.17, 15) is 4.79 Å². The molecule has 0 saturated heterocycles. The molecule has 8 nitrogen and oxygen atoms in total. The van der Waals surface area contributed by atoms with Crippen molar-refractivity contribution in [3.8, 4) is 0 Å². The van der Waals surface area contributed by atoms with Gasteiger partial charge >= 0.3 is 0 Å². The Morgan fingerprint density at radius 2 is 2.07 bits per heavy atom. The van der Waals surface area contributed by atoms with Gasteiger partial charge in [0.05, 0.1) is 5.69 Å². The van der Waals surface area contributed by atoms with Crippen molar-refractivity contribution in [3.63, 3.8) is 0 Å². The van der Waals surface area contributed by atoms with Gasteiger partial charge in [-0.2, -0.15) is 0 Å². The Kier molecular flexibility index (Phi) is 10.5. The van der Waals surface area contributed by atoms with Gasteiger partial charge in [0, 0.05) is 31.8 Å². The standard InChI is InChI=1S/C19H28N6O2.HI/c1-5-20-19(23-12-15-10-16(13(2)3)25-27-15)21-9-8-18(26)24-17-7-6-14(4)11-22-17;/h6-7,10-11,13H,5,8-9,12H2,1-4H3,(H2,20,21,23)(H,22,24,26);1H. The molecule has 0 aliphatic heterocycles. The molecular weight excluding hydrogens is 471 g/mol. The maximum Gasteiger partial charge on any atom is 0.227 e. The lowest BCUT2D eigenvalue weighted by Crippen LogP contribution is -2.38. The average molecular weight is 500 g/mol. The number of pyridine rings is 1. The number of carbonyl (C=O) groups is 1. The summed E-state index contributed by atoms with van der Waals surface area (Å²) in [5.41, 5.74) is 1.97. The molecule has 0 radical (unpaired) electrons. The van der Waals surface area contributed by atoms with Crippen molar-refractivity contribution in [3.05, 3.63) is 41.4 Å². The van der Waals surface area contributed by atoms with E-state index in [4.69, 9.17) is 4.52 Å². The second kappa shape index (κ2) is 12.3. The third kappa shape index (κ3) is 8.24. The van der Waals surface area contributed by atoms with Crippen molar-refractivity contribution < 1.29 is 9.32 Å². The number of nitrogens with zero attached hydrogens (tertiary/aromatic N) is 3. The van der Waals surface area contributed by atoms with Crippen LogP contribution in [0, 0.1) is 6.92 Å². The van der Waals surface area contributed by atoms with Gasteiger partial charge in [0.15, 0.2) is 11.7 Å². The summed E-state index contributed by atoms with van der Waals surface area (Å²) >= 11 is 0. The average Bonchev–Trinajstić information content (AvgIpc) is 3.11. The van der Waals surface area contributed by atoms with E-state index in [2.05, 4.69) is 44.9 Å². The molecule has 2 heterocycles. The van der Waals surface area contributed by atoms with Crippen LogP contribution in [0.3, 0.4) is 0 Å². The number of guanidine groups is 1. The first-order chi connectivity index (χ1) is 13.0. The second-order valence-electron chi connectivity index (χ2n) is 6.51. The summed E-state index contributed by atoms with van der Waals surface area (Å²) in [4.78, 5) is 20.6. The molecule has 0 aromatic carbocycles. The topological polar surface area (TPSA) is 104 Å². The van der Waals surface area contributed by atoms with E-state index in [1.54, 1.807) is 12.3 Å². The van der Waals surface area contributed by atoms with Gasteiger partial charge < -0.3 is 20.5 Å². The summed E-state index contributed by atoms with van der Waals surface area (Å²) in [6, 6.07) is 5.61. The number of carbonyl (C=O) groups excluding carboxylic acids is 1. The highest BCUT2D eigenvalue weighted by Gasteiger charge is 2.08. The summed E-state index contributed by atoms with van der Waals surface area (Å²) in [5, 5.41) is 13.1. The number of rotatable bonds is 8. The van der Waals surface area contributed by atoms with E-state index < -0.39 is 0 Å². The summed E-state index contributed by atoms with van der Waals surface area (Å²) < 4.78 is 5.29. The van der Waals surface area contributed by atoms with Gasteiger partial charge in [-0.25, -0.2) is 9.98 Å². The molecule has 0 fully saturated rings. The monoisotopic (exact) mass is 500 g/mol. The molecule has 0 saturated carbocycles. The number of halogens is 1. The Hall–Kier alpha value is -2.17. The lowest BCUT2D eigenvalue weighted by atomic mass is 10.1. The third-order valence-electron chi connectivity index (χ3n) is 3.73. The molecule has 0 atom stereocenters. The fourth-order valence-corrected chi connectivity index (χ4v) is 2.22. The van der Waals surface area contributed by atoms with Gasteiger partial charge in [-0.3, -0.25) is 4.79 Å². The maximum absolute atomic E-state index is 12.0. The Bertz CT molecular complexity index is 758. The quantitative estimate of drug-likeness (QED) is 0.292. The fraction of sp³-hybridized carbons (Fsp3) is 0.474. The molecule has 28 heavy (non-hydrogen) atoms. The second-order valence-corrected chi connectivity index (χ2v) is 6.51. The number of aliphatic imine (C=N–C) groups is 1. The predicted molar refractivity (Wildman–Crippen MR) is 121 cm³/mol. The summed E-state index contributed by atoms with van der Waals surface area (Å²) in [5.74, 6) is 2.10. The Morgan fingerprint density at radius 3 is 2.68 bits per heavy atom. The zero-order chi connectivity index (χ0) is 19.6. The van der Waals surface area contributed by atoms with Gasteiger partial charge in [0.2, 0.25) is 5.91 Å². The smallest absolute Gasteiger partial charge is 0.227 e. The Morgan fingerprint density at radius 1 is 1.29 bits per heavy atom. The van der Waals surface area contributed by atoms with Gasteiger partial charge in [0.1, 0.15) is 12.4 Å². The minimum absolute atomic E-state index is 0. The molecule has 0 unspecified atom stereocenters. The van der Waals surface area contributed by atoms with E-state index >= 15 is 0 Å². The number of aryl methyl sites for hydroxylation is 1. The van der Waals surface area contributed by atoms with E-state index in [1.807, 2.05) is 26.0 Å². The van der Waals surface area contributed by atoms with Crippen LogP contribution in [-0.2, 0) is 11.3 Å². The molecule has 0 aliphatic rings. The third-order valence-corrected chi connectivity index (χ3v) is 3.73. The first kappa shape index (κ1) is 23.9. The van der Waals surface area contributed by atoms with Crippen LogP contribution in [0.5, 0.6) is 0 Å². The van der Waals surface area contributed by atoms with Crippen LogP contribution in [0.2, 0.25) is 0 Å². The largest absolute Gasteiger partial charge is 0.359 e. The van der Waals surface area contributed by atoms with E-state index in [0.717, 1.165) is 17.8 Å². The molecule has 2 rings (SSSR count). The Labute approximate surface area is 183 Å². The highest BCUT2D eigenvalue weighted by Crippen LogP contribution is 2.14. The molecule has 1 amide bonds. The molecule has 9 heteroatoms. The van der Waals surface area contributed by atoms with Crippen LogP contribution in [0.15, 0.2) is 33.9 Å². The van der Waals surface area contributed by atoms with Gasteiger partial charge in [0.25, 0.3) is 0 Å². The van der Waals surface area contributed by atoms with Crippen molar-refractivity contribution in [2.45, 2.75) is 46.6 Å². The van der Waals surface area contributed by atoms with Gasteiger partial charge in [-0.05, 0) is 31.4 Å². The molecule has 0 bridgehead atoms. The minimum Gasteiger partial charge on any atom is -0.359 e. The molecule has 3 N–H and O–H groups in total. The molecule has 0 spiro atoms.